The topological polar surface area (TPSA) is 93.2 Å². The van der Waals surface area contributed by atoms with Crippen LogP contribution in [0, 0.1) is 5.92 Å². The van der Waals surface area contributed by atoms with Crippen LogP contribution in [0.5, 0.6) is 0 Å². The normalized spacial score (nSPS) is 33.1. The first-order valence-electron chi connectivity index (χ1n) is 6.74. The molecular formula is C14H20N4O. The lowest BCUT2D eigenvalue weighted by atomic mass is 9.83. The molecule has 1 aromatic carbocycles. The molecule has 1 aliphatic heterocycles. The third-order valence-electron chi connectivity index (χ3n) is 4.13. The number of nitrogen functional groups attached to an aromatic ring is 1. The highest BCUT2D eigenvalue weighted by Crippen LogP contribution is 2.34. The van der Waals surface area contributed by atoms with Gasteiger partial charge in [0.15, 0.2) is 0 Å². The van der Waals surface area contributed by atoms with Crippen LogP contribution in [0.3, 0.4) is 0 Å². The minimum atomic E-state index is -0.290. The summed E-state index contributed by atoms with van der Waals surface area (Å²) in [5.41, 5.74) is 12.9. The second-order valence-corrected chi connectivity index (χ2v) is 5.84. The third-order valence-corrected chi connectivity index (χ3v) is 4.13. The Balaban J connectivity index is 1.65. The highest BCUT2D eigenvalue weighted by molar-refractivity contribution is 5.94. The molecule has 1 aliphatic carbocycles. The van der Waals surface area contributed by atoms with Crippen LogP contribution in [-0.4, -0.2) is 24.2 Å². The van der Waals surface area contributed by atoms with Gasteiger partial charge in [0.05, 0.1) is 5.66 Å². The average molecular weight is 260 g/mol. The molecule has 1 amide bonds. The largest absolute Gasteiger partial charge is 0.399 e. The van der Waals surface area contributed by atoms with Gasteiger partial charge in [0.2, 0.25) is 0 Å². The van der Waals surface area contributed by atoms with Crippen LogP contribution in [0.25, 0.3) is 0 Å². The van der Waals surface area contributed by atoms with Crippen molar-refractivity contribution in [1.29, 1.82) is 0 Å². The smallest absolute Gasteiger partial charge is 0.251 e. The van der Waals surface area contributed by atoms with E-state index in [4.69, 9.17) is 11.5 Å². The number of hydrogen-bond acceptors (Lipinski definition) is 4. The van der Waals surface area contributed by atoms with Crippen molar-refractivity contribution in [2.45, 2.75) is 31.0 Å². The predicted octanol–water partition coefficient (Wildman–Crippen LogP) is 0.426. The van der Waals surface area contributed by atoms with Crippen LogP contribution < -0.4 is 22.1 Å². The molecule has 0 aromatic heterocycles. The maximum atomic E-state index is 12.1. The summed E-state index contributed by atoms with van der Waals surface area (Å²) >= 11 is 0. The van der Waals surface area contributed by atoms with E-state index in [0.29, 0.717) is 17.2 Å². The summed E-state index contributed by atoms with van der Waals surface area (Å²) in [5, 5.41) is 6.44. The second kappa shape index (κ2) is 4.51. The van der Waals surface area contributed by atoms with Gasteiger partial charge in [0.25, 0.3) is 5.91 Å². The number of fused-ring (bicyclic) bond motifs is 2. The van der Waals surface area contributed by atoms with Crippen LogP contribution in [0.4, 0.5) is 5.69 Å². The van der Waals surface area contributed by atoms with Gasteiger partial charge in [-0.05, 0) is 56.0 Å². The molecule has 2 bridgehead atoms. The molecule has 1 saturated heterocycles. The van der Waals surface area contributed by atoms with Gasteiger partial charge in [-0.25, -0.2) is 0 Å². The SMILES string of the molecule is Nc1ccc(C(=O)NC2CC3CNC(N)(C3)C2)cc1. The van der Waals surface area contributed by atoms with Gasteiger partial charge in [0.1, 0.15) is 0 Å². The molecule has 3 rings (SSSR count). The summed E-state index contributed by atoms with van der Waals surface area (Å²) < 4.78 is 0. The predicted molar refractivity (Wildman–Crippen MR) is 74.4 cm³/mol. The molecule has 2 aliphatic rings. The number of carbonyl (C=O) groups excluding carboxylic acids is 1. The highest BCUT2D eigenvalue weighted by Gasteiger charge is 2.43. The van der Waals surface area contributed by atoms with Crippen molar-refractivity contribution in [2.24, 2.45) is 11.7 Å². The number of rotatable bonds is 2. The van der Waals surface area contributed by atoms with Crippen molar-refractivity contribution < 1.29 is 4.79 Å². The quantitative estimate of drug-likeness (QED) is 0.580. The summed E-state index contributed by atoms with van der Waals surface area (Å²) in [5.74, 6) is 0.533. The fourth-order valence-corrected chi connectivity index (χ4v) is 3.27. The molecule has 1 heterocycles. The Labute approximate surface area is 112 Å². The molecular weight excluding hydrogens is 240 g/mol. The van der Waals surface area contributed by atoms with Crippen LogP contribution in [-0.2, 0) is 0 Å². The Hall–Kier alpha value is -1.59. The van der Waals surface area contributed by atoms with Crippen LogP contribution in [0.15, 0.2) is 24.3 Å². The zero-order valence-electron chi connectivity index (χ0n) is 10.9. The van der Waals surface area contributed by atoms with Gasteiger partial charge in [-0.2, -0.15) is 0 Å². The summed E-state index contributed by atoms with van der Waals surface area (Å²) in [7, 11) is 0. The van der Waals surface area contributed by atoms with Crippen molar-refractivity contribution >= 4 is 11.6 Å². The minimum Gasteiger partial charge on any atom is -0.399 e. The van der Waals surface area contributed by atoms with Crippen molar-refractivity contribution in [1.82, 2.24) is 10.6 Å². The van der Waals surface area contributed by atoms with E-state index in [1.165, 1.54) is 0 Å². The van der Waals surface area contributed by atoms with Crippen LogP contribution >= 0.6 is 0 Å². The monoisotopic (exact) mass is 260 g/mol. The average Bonchev–Trinajstić information content (AvgIpc) is 2.64. The number of nitrogens with one attached hydrogen (secondary N) is 2. The van der Waals surface area contributed by atoms with E-state index in [9.17, 15) is 4.79 Å². The standard InChI is InChI=1S/C14H20N4O/c15-11-3-1-10(2-4-11)13(19)18-12-5-9-6-14(16,7-12)17-8-9/h1-4,9,12,17H,5-8,15-16H2,(H,18,19). The summed E-state index contributed by atoms with van der Waals surface area (Å²) in [6.45, 7) is 0.963. The second-order valence-electron chi connectivity index (χ2n) is 5.84. The van der Waals surface area contributed by atoms with Crippen LogP contribution in [0.2, 0.25) is 0 Å². The Morgan fingerprint density at radius 1 is 1.32 bits per heavy atom. The van der Waals surface area contributed by atoms with E-state index < -0.39 is 0 Å². The minimum absolute atomic E-state index is 0.0464. The third kappa shape index (κ3) is 2.57. The Bertz CT molecular complexity index is 487. The van der Waals surface area contributed by atoms with Crippen molar-refractivity contribution in [2.75, 3.05) is 12.3 Å². The molecule has 5 heteroatoms. The molecule has 0 spiro atoms. The maximum absolute atomic E-state index is 12.1. The Morgan fingerprint density at radius 3 is 2.74 bits per heavy atom. The first-order valence-corrected chi connectivity index (χ1v) is 6.74. The lowest BCUT2D eigenvalue weighted by molar-refractivity contribution is 0.0912. The van der Waals surface area contributed by atoms with Gasteiger partial charge in [-0.3, -0.25) is 10.1 Å². The molecule has 3 unspecified atom stereocenters. The van der Waals surface area contributed by atoms with E-state index in [1.54, 1.807) is 24.3 Å². The number of hydrogen-bond donors (Lipinski definition) is 4. The van der Waals surface area contributed by atoms with Gasteiger partial charge in [-0.1, -0.05) is 0 Å². The number of amides is 1. The number of carbonyl (C=O) groups is 1. The van der Waals surface area contributed by atoms with E-state index in [-0.39, 0.29) is 17.6 Å². The summed E-state index contributed by atoms with van der Waals surface area (Å²) in [4.78, 5) is 12.1. The molecule has 3 atom stereocenters. The molecule has 0 radical (unpaired) electrons. The number of nitrogens with two attached hydrogens (primary N) is 2. The van der Waals surface area contributed by atoms with Crippen LogP contribution in [0.1, 0.15) is 29.6 Å². The first kappa shape index (κ1) is 12.4. The van der Waals surface area contributed by atoms with E-state index in [1.807, 2.05) is 0 Å². The zero-order valence-corrected chi connectivity index (χ0v) is 10.9. The van der Waals surface area contributed by atoms with Gasteiger partial charge < -0.3 is 16.8 Å². The molecule has 1 saturated carbocycles. The number of anilines is 1. The van der Waals surface area contributed by atoms with Gasteiger partial charge in [0, 0.05) is 17.3 Å². The lowest BCUT2D eigenvalue weighted by Crippen LogP contribution is -2.55. The molecule has 19 heavy (non-hydrogen) atoms. The fraction of sp³-hybridized carbons (Fsp3) is 0.500. The highest BCUT2D eigenvalue weighted by atomic mass is 16.1. The van der Waals surface area contributed by atoms with E-state index in [0.717, 1.165) is 25.8 Å². The summed E-state index contributed by atoms with van der Waals surface area (Å²) in [6, 6.07) is 7.14. The molecule has 102 valence electrons. The zero-order chi connectivity index (χ0) is 13.5. The molecule has 6 N–H and O–H groups in total. The fourth-order valence-electron chi connectivity index (χ4n) is 3.27. The molecule has 1 aromatic rings. The Kier molecular flexibility index (Phi) is 2.95. The van der Waals surface area contributed by atoms with Crippen molar-refractivity contribution in [3.05, 3.63) is 29.8 Å². The summed E-state index contributed by atoms with van der Waals surface area (Å²) in [6.07, 6.45) is 2.82. The molecule has 2 fully saturated rings. The van der Waals surface area contributed by atoms with Gasteiger partial charge in [-0.15, -0.1) is 0 Å². The van der Waals surface area contributed by atoms with E-state index >= 15 is 0 Å². The first-order chi connectivity index (χ1) is 9.04. The van der Waals surface area contributed by atoms with Crippen molar-refractivity contribution in [3.8, 4) is 0 Å². The number of benzene rings is 1. The molecule has 5 nitrogen and oxygen atoms in total. The van der Waals surface area contributed by atoms with Gasteiger partial charge >= 0.3 is 0 Å². The Morgan fingerprint density at radius 2 is 2.05 bits per heavy atom. The maximum Gasteiger partial charge on any atom is 0.251 e. The lowest BCUT2D eigenvalue weighted by Gasteiger charge is -2.34. The van der Waals surface area contributed by atoms with E-state index in [2.05, 4.69) is 10.6 Å². The van der Waals surface area contributed by atoms with Crippen molar-refractivity contribution in [3.63, 3.8) is 0 Å².